The SMILES string of the molecule is CC[C@H](C)[C@H](NC(=O)[C@H](Cc1ccc(O)cc1)NC(C)=O)C(=O)N[C@@H](C)C(=O)O. The molecule has 0 saturated carbocycles. The van der Waals surface area contributed by atoms with E-state index in [1.165, 1.54) is 26.0 Å². The summed E-state index contributed by atoms with van der Waals surface area (Å²) in [4.78, 5) is 47.9. The third kappa shape index (κ3) is 7.81. The average Bonchev–Trinajstić information content (AvgIpc) is 2.65. The largest absolute Gasteiger partial charge is 0.508 e. The van der Waals surface area contributed by atoms with Gasteiger partial charge in [0.1, 0.15) is 23.9 Å². The molecule has 29 heavy (non-hydrogen) atoms. The van der Waals surface area contributed by atoms with Crippen molar-refractivity contribution in [1.29, 1.82) is 0 Å². The molecule has 4 atom stereocenters. The molecule has 0 unspecified atom stereocenters. The smallest absolute Gasteiger partial charge is 0.325 e. The number of hydrogen-bond donors (Lipinski definition) is 5. The van der Waals surface area contributed by atoms with Gasteiger partial charge >= 0.3 is 5.97 Å². The van der Waals surface area contributed by atoms with Crippen molar-refractivity contribution in [1.82, 2.24) is 16.0 Å². The van der Waals surface area contributed by atoms with Crippen LogP contribution in [0.15, 0.2) is 24.3 Å². The Morgan fingerprint density at radius 2 is 1.55 bits per heavy atom. The maximum Gasteiger partial charge on any atom is 0.325 e. The lowest BCUT2D eigenvalue weighted by Crippen LogP contribution is -2.57. The van der Waals surface area contributed by atoms with Crippen LogP contribution in [0.25, 0.3) is 0 Å². The van der Waals surface area contributed by atoms with Gasteiger partial charge in [-0.1, -0.05) is 32.4 Å². The van der Waals surface area contributed by atoms with E-state index < -0.39 is 41.8 Å². The molecule has 0 heterocycles. The van der Waals surface area contributed by atoms with E-state index in [4.69, 9.17) is 5.11 Å². The Morgan fingerprint density at radius 1 is 0.966 bits per heavy atom. The molecule has 0 aliphatic rings. The van der Waals surface area contributed by atoms with Crippen LogP contribution < -0.4 is 16.0 Å². The van der Waals surface area contributed by atoms with E-state index in [9.17, 15) is 24.3 Å². The van der Waals surface area contributed by atoms with Crippen LogP contribution in [0.1, 0.15) is 39.7 Å². The van der Waals surface area contributed by atoms with Gasteiger partial charge in [-0.2, -0.15) is 0 Å². The first-order valence-corrected chi connectivity index (χ1v) is 9.43. The van der Waals surface area contributed by atoms with Crippen molar-refractivity contribution in [2.24, 2.45) is 5.92 Å². The predicted octanol–water partition coefficient (Wildman–Crippen LogP) is 0.560. The molecule has 3 amide bonds. The summed E-state index contributed by atoms with van der Waals surface area (Å²) < 4.78 is 0. The van der Waals surface area contributed by atoms with Crippen molar-refractivity contribution in [3.05, 3.63) is 29.8 Å². The monoisotopic (exact) mass is 407 g/mol. The van der Waals surface area contributed by atoms with E-state index >= 15 is 0 Å². The molecule has 5 N–H and O–H groups in total. The number of carboxylic acids is 1. The summed E-state index contributed by atoms with van der Waals surface area (Å²) in [6.45, 7) is 6.23. The van der Waals surface area contributed by atoms with E-state index in [1.54, 1.807) is 19.1 Å². The van der Waals surface area contributed by atoms with Gasteiger partial charge in [0.15, 0.2) is 0 Å². The van der Waals surface area contributed by atoms with Crippen molar-refractivity contribution in [3.8, 4) is 5.75 Å². The highest BCUT2D eigenvalue weighted by molar-refractivity contribution is 5.93. The Labute approximate surface area is 169 Å². The molecular weight excluding hydrogens is 378 g/mol. The fraction of sp³-hybridized carbons (Fsp3) is 0.500. The molecule has 1 rings (SSSR count). The van der Waals surface area contributed by atoms with Crippen molar-refractivity contribution in [2.75, 3.05) is 0 Å². The minimum Gasteiger partial charge on any atom is -0.508 e. The quantitative estimate of drug-likeness (QED) is 0.383. The number of rotatable bonds is 10. The lowest BCUT2D eigenvalue weighted by Gasteiger charge is -2.27. The van der Waals surface area contributed by atoms with Crippen LogP contribution in [-0.2, 0) is 25.6 Å². The predicted molar refractivity (Wildman–Crippen MR) is 106 cm³/mol. The first-order chi connectivity index (χ1) is 13.5. The Morgan fingerprint density at radius 3 is 2.03 bits per heavy atom. The maximum atomic E-state index is 12.8. The van der Waals surface area contributed by atoms with Crippen LogP contribution in [0, 0.1) is 5.92 Å². The lowest BCUT2D eigenvalue weighted by molar-refractivity contribution is -0.142. The number of phenols is 1. The molecule has 9 nitrogen and oxygen atoms in total. The molecule has 0 radical (unpaired) electrons. The molecule has 160 valence electrons. The number of benzene rings is 1. The number of nitrogens with one attached hydrogen (secondary N) is 3. The molecule has 0 fully saturated rings. The van der Waals surface area contributed by atoms with Crippen molar-refractivity contribution in [2.45, 2.75) is 58.7 Å². The van der Waals surface area contributed by atoms with Crippen LogP contribution in [0.3, 0.4) is 0 Å². The van der Waals surface area contributed by atoms with Gasteiger partial charge in [0.25, 0.3) is 0 Å². The van der Waals surface area contributed by atoms with Crippen LogP contribution in [0.4, 0.5) is 0 Å². The molecule has 0 spiro atoms. The zero-order chi connectivity index (χ0) is 22.1. The van der Waals surface area contributed by atoms with Gasteiger partial charge in [0.2, 0.25) is 17.7 Å². The van der Waals surface area contributed by atoms with Gasteiger partial charge in [0, 0.05) is 13.3 Å². The number of carboxylic acid groups (broad SMARTS) is 1. The summed E-state index contributed by atoms with van der Waals surface area (Å²) in [6.07, 6.45) is 0.731. The van der Waals surface area contributed by atoms with E-state index in [2.05, 4.69) is 16.0 Å². The molecule has 0 aromatic heterocycles. The number of carbonyl (C=O) groups is 4. The number of amides is 3. The summed E-state index contributed by atoms with van der Waals surface area (Å²) in [5.41, 5.74) is 0.709. The summed E-state index contributed by atoms with van der Waals surface area (Å²) in [6, 6.07) is 3.21. The van der Waals surface area contributed by atoms with Crippen LogP contribution in [0.2, 0.25) is 0 Å². The Hall–Kier alpha value is -3.10. The first kappa shape index (κ1) is 23.9. The van der Waals surface area contributed by atoms with Gasteiger partial charge in [-0.15, -0.1) is 0 Å². The zero-order valence-electron chi connectivity index (χ0n) is 17.1. The van der Waals surface area contributed by atoms with Gasteiger partial charge in [-0.25, -0.2) is 0 Å². The molecule has 0 bridgehead atoms. The summed E-state index contributed by atoms with van der Waals surface area (Å²) >= 11 is 0. The summed E-state index contributed by atoms with van der Waals surface area (Å²) in [5.74, 6) is -2.93. The molecule has 0 aliphatic carbocycles. The Bertz CT molecular complexity index is 734. The number of aliphatic carboxylic acids is 1. The number of phenolic OH excluding ortho intramolecular Hbond substituents is 1. The molecular formula is C20H29N3O6. The third-order valence-electron chi connectivity index (χ3n) is 4.59. The Kier molecular flexibility index (Phi) is 9.11. The second kappa shape index (κ2) is 11.0. The van der Waals surface area contributed by atoms with Gasteiger partial charge < -0.3 is 26.2 Å². The molecule has 1 aromatic rings. The zero-order valence-corrected chi connectivity index (χ0v) is 17.1. The fourth-order valence-electron chi connectivity index (χ4n) is 2.64. The minimum absolute atomic E-state index is 0.0790. The molecule has 9 heteroatoms. The topological polar surface area (TPSA) is 145 Å². The number of aromatic hydroxyl groups is 1. The highest BCUT2D eigenvalue weighted by Gasteiger charge is 2.31. The molecule has 1 aromatic carbocycles. The number of carbonyl (C=O) groups excluding carboxylic acids is 3. The highest BCUT2D eigenvalue weighted by atomic mass is 16.4. The van der Waals surface area contributed by atoms with E-state index in [0.717, 1.165) is 0 Å². The summed E-state index contributed by atoms with van der Waals surface area (Å²) in [7, 11) is 0. The first-order valence-electron chi connectivity index (χ1n) is 9.43. The van der Waals surface area contributed by atoms with Crippen LogP contribution in [-0.4, -0.2) is 52.0 Å². The Balaban J connectivity index is 2.98. The molecule has 0 saturated heterocycles. The standard InChI is InChI=1S/C20H29N3O6/c1-5-11(2)17(19(27)21-12(3)20(28)29)23-18(26)16(22-13(4)24)10-14-6-8-15(25)9-7-14/h6-9,11-12,16-17,25H,5,10H2,1-4H3,(H,21,27)(H,22,24)(H,23,26)(H,28,29)/t11-,12-,16-,17-/m0/s1. The maximum absolute atomic E-state index is 12.8. The van der Waals surface area contributed by atoms with E-state index in [1.807, 2.05) is 6.92 Å². The summed E-state index contributed by atoms with van der Waals surface area (Å²) in [5, 5.41) is 26.0. The second-order valence-corrected chi connectivity index (χ2v) is 7.06. The van der Waals surface area contributed by atoms with Gasteiger partial charge in [0.05, 0.1) is 0 Å². The third-order valence-corrected chi connectivity index (χ3v) is 4.59. The normalized spacial score (nSPS) is 14.8. The molecule has 0 aliphatic heterocycles. The number of hydrogen-bond acceptors (Lipinski definition) is 5. The van der Waals surface area contributed by atoms with Crippen LogP contribution >= 0.6 is 0 Å². The van der Waals surface area contributed by atoms with E-state index in [-0.39, 0.29) is 18.1 Å². The lowest BCUT2D eigenvalue weighted by atomic mass is 9.97. The fourth-order valence-corrected chi connectivity index (χ4v) is 2.64. The average molecular weight is 407 g/mol. The highest BCUT2D eigenvalue weighted by Crippen LogP contribution is 2.13. The minimum atomic E-state index is -1.18. The van der Waals surface area contributed by atoms with Gasteiger partial charge in [-0.05, 0) is 30.5 Å². The van der Waals surface area contributed by atoms with Crippen molar-refractivity contribution in [3.63, 3.8) is 0 Å². The van der Waals surface area contributed by atoms with E-state index in [0.29, 0.717) is 12.0 Å². The second-order valence-electron chi connectivity index (χ2n) is 7.06. The van der Waals surface area contributed by atoms with Crippen LogP contribution in [0.5, 0.6) is 5.75 Å². The van der Waals surface area contributed by atoms with Gasteiger partial charge in [-0.3, -0.25) is 19.2 Å². The van der Waals surface area contributed by atoms with Crippen molar-refractivity contribution >= 4 is 23.7 Å². The van der Waals surface area contributed by atoms with Crippen molar-refractivity contribution < 1.29 is 29.4 Å².